The molecule has 0 saturated carbocycles. The summed E-state index contributed by atoms with van der Waals surface area (Å²) in [5.74, 6) is -0.913. The molecule has 3 aromatic rings. The molecule has 0 aliphatic carbocycles. The van der Waals surface area contributed by atoms with E-state index in [1.807, 2.05) is 45.0 Å². The molecule has 152 valence electrons. The fraction of sp³-hybridized carbons (Fsp3) is 0.381. The van der Waals surface area contributed by atoms with Gasteiger partial charge in [-0.15, -0.1) is 5.10 Å². The summed E-state index contributed by atoms with van der Waals surface area (Å²) in [5.41, 5.74) is 2.79. The molecule has 29 heavy (non-hydrogen) atoms. The molecule has 0 radical (unpaired) electrons. The van der Waals surface area contributed by atoms with Crippen LogP contribution in [0.25, 0.3) is 5.78 Å². The smallest absolute Gasteiger partial charge is 0.379 e. The minimum absolute atomic E-state index is 0.0491. The Morgan fingerprint density at radius 1 is 1.14 bits per heavy atom. The molecule has 0 spiro atoms. The van der Waals surface area contributed by atoms with Crippen molar-refractivity contribution in [2.75, 3.05) is 0 Å². The number of hydrogen-bond donors (Lipinski definition) is 1. The van der Waals surface area contributed by atoms with Crippen LogP contribution in [0.5, 0.6) is 0 Å². The standard InChI is InChI=1S/C21H25N5O3/c1-13(10-11-17-8-6-5-7-9-17)22-19(27)16(4)29-20(28)18-24-21-23-14(2)12-15(3)26(21)25-18/h5-9,12-13,16H,10-11H2,1-4H3,(H,22,27)/t13-,16+/m0/s1. The summed E-state index contributed by atoms with van der Waals surface area (Å²) in [5, 5.41) is 7.00. The number of aromatic nitrogens is 4. The molecule has 2 aromatic heterocycles. The number of carbonyl (C=O) groups is 2. The lowest BCUT2D eigenvalue weighted by molar-refractivity contribution is -0.129. The van der Waals surface area contributed by atoms with Crippen LogP contribution in [0.1, 0.15) is 47.8 Å². The highest BCUT2D eigenvalue weighted by molar-refractivity contribution is 5.89. The van der Waals surface area contributed by atoms with Crippen molar-refractivity contribution < 1.29 is 14.3 Å². The second-order valence-electron chi connectivity index (χ2n) is 7.17. The Labute approximate surface area is 169 Å². The highest BCUT2D eigenvalue weighted by atomic mass is 16.5. The third-order valence-electron chi connectivity index (χ3n) is 4.55. The van der Waals surface area contributed by atoms with Gasteiger partial charge in [-0.3, -0.25) is 4.79 Å². The minimum atomic E-state index is -0.955. The average molecular weight is 395 g/mol. The number of aryl methyl sites for hydroxylation is 3. The molecular formula is C21H25N5O3. The molecule has 3 rings (SSSR count). The monoisotopic (exact) mass is 395 g/mol. The second kappa shape index (κ2) is 8.81. The van der Waals surface area contributed by atoms with Gasteiger partial charge in [0, 0.05) is 17.4 Å². The van der Waals surface area contributed by atoms with Gasteiger partial charge in [0.1, 0.15) is 0 Å². The summed E-state index contributed by atoms with van der Waals surface area (Å²) in [6, 6.07) is 11.9. The van der Waals surface area contributed by atoms with Gasteiger partial charge in [0.15, 0.2) is 6.10 Å². The van der Waals surface area contributed by atoms with Crippen LogP contribution in [0, 0.1) is 13.8 Å². The van der Waals surface area contributed by atoms with Crippen molar-refractivity contribution >= 4 is 17.7 Å². The molecule has 1 N–H and O–H groups in total. The van der Waals surface area contributed by atoms with E-state index >= 15 is 0 Å². The number of esters is 1. The van der Waals surface area contributed by atoms with Gasteiger partial charge in [0.25, 0.3) is 17.5 Å². The predicted molar refractivity (Wildman–Crippen MR) is 108 cm³/mol. The third-order valence-corrected chi connectivity index (χ3v) is 4.55. The molecule has 0 unspecified atom stereocenters. The van der Waals surface area contributed by atoms with Crippen molar-refractivity contribution in [3.05, 3.63) is 59.2 Å². The molecule has 0 bridgehead atoms. The van der Waals surface area contributed by atoms with E-state index in [0.717, 1.165) is 24.2 Å². The number of hydrogen-bond acceptors (Lipinski definition) is 6. The van der Waals surface area contributed by atoms with Gasteiger partial charge < -0.3 is 10.1 Å². The summed E-state index contributed by atoms with van der Waals surface area (Å²) in [7, 11) is 0. The van der Waals surface area contributed by atoms with Crippen molar-refractivity contribution in [1.82, 2.24) is 24.9 Å². The Morgan fingerprint density at radius 3 is 2.59 bits per heavy atom. The van der Waals surface area contributed by atoms with Gasteiger partial charge in [-0.1, -0.05) is 30.3 Å². The number of rotatable bonds is 7. The Balaban J connectivity index is 1.54. The van der Waals surface area contributed by atoms with Crippen molar-refractivity contribution in [1.29, 1.82) is 0 Å². The van der Waals surface area contributed by atoms with E-state index in [0.29, 0.717) is 5.78 Å². The Hall–Kier alpha value is -3.29. The van der Waals surface area contributed by atoms with Crippen LogP contribution in [0.3, 0.4) is 0 Å². The Kier molecular flexibility index (Phi) is 6.21. The zero-order chi connectivity index (χ0) is 21.0. The zero-order valence-corrected chi connectivity index (χ0v) is 17.0. The van der Waals surface area contributed by atoms with Crippen LogP contribution in [-0.2, 0) is 16.0 Å². The van der Waals surface area contributed by atoms with Crippen LogP contribution in [0.2, 0.25) is 0 Å². The topological polar surface area (TPSA) is 98.5 Å². The number of amides is 1. The van der Waals surface area contributed by atoms with Crippen LogP contribution < -0.4 is 5.32 Å². The molecule has 0 aliphatic heterocycles. The SMILES string of the molecule is Cc1cc(C)n2nc(C(=O)O[C@H](C)C(=O)N[C@@H](C)CCc3ccccc3)nc2n1. The fourth-order valence-corrected chi connectivity index (χ4v) is 2.98. The third kappa shape index (κ3) is 5.16. The van der Waals surface area contributed by atoms with Crippen LogP contribution in [0.4, 0.5) is 0 Å². The molecule has 0 fully saturated rings. The van der Waals surface area contributed by atoms with E-state index in [1.165, 1.54) is 17.0 Å². The van der Waals surface area contributed by atoms with E-state index in [9.17, 15) is 9.59 Å². The molecule has 8 heteroatoms. The largest absolute Gasteiger partial charge is 0.447 e. The summed E-state index contributed by atoms with van der Waals surface area (Å²) < 4.78 is 6.72. The maximum atomic E-state index is 12.4. The highest BCUT2D eigenvalue weighted by Gasteiger charge is 2.23. The molecule has 1 aromatic carbocycles. The number of carbonyl (C=O) groups excluding carboxylic acids is 2. The quantitative estimate of drug-likeness (QED) is 0.617. The summed E-state index contributed by atoms with van der Waals surface area (Å²) in [6.45, 7) is 7.14. The molecule has 0 aliphatic rings. The van der Waals surface area contributed by atoms with Gasteiger partial charge in [0.05, 0.1) is 0 Å². The molecule has 2 heterocycles. The number of ether oxygens (including phenoxy) is 1. The molecule has 2 atom stereocenters. The van der Waals surface area contributed by atoms with Gasteiger partial charge >= 0.3 is 5.97 Å². The molecule has 0 saturated heterocycles. The fourth-order valence-electron chi connectivity index (χ4n) is 2.98. The summed E-state index contributed by atoms with van der Waals surface area (Å²) in [4.78, 5) is 33.1. The Morgan fingerprint density at radius 2 is 1.86 bits per heavy atom. The van der Waals surface area contributed by atoms with E-state index in [1.54, 1.807) is 0 Å². The number of benzene rings is 1. The van der Waals surface area contributed by atoms with Gasteiger partial charge in [-0.25, -0.2) is 14.3 Å². The van der Waals surface area contributed by atoms with E-state index in [4.69, 9.17) is 4.74 Å². The molecule has 8 nitrogen and oxygen atoms in total. The minimum Gasteiger partial charge on any atom is -0.447 e. The zero-order valence-electron chi connectivity index (χ0n) is 17.0. The lowest BCUT2D eigenvalue weighted by atomic mass is 10.1. The maximum Gasteiger partial charge on any atom is 0.379 e. The second-order valence-corrected chi connectivity index (χ2v) is 7.17. The molecule has 1 amide bonds. The van der Waals surface area contributed by atoms with Crippen LogP contribution in [0.15, 0.2) is 36.4 Å². The maximum absolute atomic E-state index is 12.4. The van der Waals surface area contributed by atoms with E-state index < -0.39 is 12.1 Å². The average Bonchev–Trinajstić information content (AvgIpc) is 3.11. The van der Waals surface area contributed by atoms with Crippen molar-refractivity contribution in [2.45, 2.75) is 52.7 Å². The van der Waals surface area contributed by atoms with Gasteiger partial charge in [-0.05, 0) is 52.2 Å². The number of nitrogens with one attached hydrogen (secondary N) is 1. The van der Waals surface area contributed by atoms with Crippen molar-refractivity contribution in [2.24, 2.45) is 0 Å². The normalized spacial score (nSPS) is 13.1. The lowest BCUT2D eigenvalue weighted by Crippen LogP contribution is -2.41. The first-order valence-corrected chi connectivity index (χ1v) is 9.60. The molecular weight excluding hydrogens is 370 g/mol. The van der Waals surface area contributed by atoms with Crippen LogP contribution in [-0.4, -0.2) is 43.6 Å². The van der Waals surface area contributed by atoms with Gasteiger partial charge in [-0.2, -0.15) is 4.98 Å². The lowest BCUT2D eigenvalue weighted by Gasteiger charge is -2.17. The first-order chi connectivity index (χ1) is 13.8. The summed E-state index contributed by atoms with van der Waals surface area (Å²) in [6.07, 6.45) is 0.686. The predicted octanol–water partition coefficient (Wildman–Crippen LogP) is 2.42. The highest BCUT2D eigenvalue weighted by Crippen LogP contribution is 2.08. The van der Waals surface area contributed by atoms with E-state index in [2.05, 4.69) is 32.5 Å². The Bertz CT molecular complexity index is 1020. The first-order valence-electron chi connectivity index (χ1n) is 9.60. The van der Waals surface area contributed by atoms with Crippen molar-refractivity contribution in [3.8, 4) is 0 Å². The van der Waals surface area contributed by atoms with Gasteiger partial charge in [0.2, 0.25) is 0 Å². The van der Waals surface area contributed by atoms with Crippen molar-refractivity contribution in [3.63, 3.8) is 0 Å². The van der Waals surface area contributed by atoms with E-state index in [-0.39, 0.29) is 17.8 Å². The first kappa shape index (κ1) is 20.4. The number of fused-ring (bicyclic) bond motifs is 1. The summed E-state index contributed by atoms with van der Waals surface area (Å²) >= 11 is 0. The van der Waals surface area contributed by atoms with Crippen LogP contribution >= 0.6 is 0 Å². The number of nitrogens with zero attached hydrogens (tertiary/aromatic N) is 4.